The molecule has 1 fully saturated rings. The first-order valence-electron chi connectivity index (χ1n) is 6.73. The highest BCUT2D eigenvalue weighted by molar-refractivity contribution is 5.88. The van der Waals surface area contributed by atoms with Crippen LogP contribution in [0.25, 0.3) is 0 Å². The second kappa shape index (κ2) is 5.61. The van der Waals surface area contributed by atoms with Crippen molar-refractivity contribution in [3.05, 3.63) is 29.8 Å². The highest BCUT2D eigenvalue weighted by Crippen LogP contribution is 2.33. The summed E-state index contributed by atoms with van der Waals surface area (Å²) < 4.78 is 5.41. The Balaban J connectivity index is 2.22. The van der Waals surface area contributed by atoms with Gasteiger partial charge in [0.2, 0.25) is 5.91 Å². The molecule has 1 aromatic rings. The molecular formula is C15H22N2O2. The molecule has 0 bridgehead atoms. The van der Waals surface area contributed by atoms with Crippen molar-refractivity contribution in [1.29, 1.82) is 0 Å². The van der Waals surface area contributed by atoms with Crippen LogP contribution >= 0.6 is 0 Å². The summed E-state index contributed by atoms with van der Waals surface area (Å²) >= 11 is 0. The maximum atomic E-state index is 11.9. The fraction of sp³-hybridized carbons (Fsp3) is 0.533. The lowest BCUT2D eigenvalue weighted by molar-refractivity contribution is -0.125. The number of carbonyl (C=O) groups excluding carboxylic acids is 1. The minimum Gasteiger partial charge on any atom is -0.381 e. The molecule has 0 spiro atoms. The average molecular weight is 262 g/mol. The van der Waals surface area contributed by atoms with Crippen molar-refractivity contribution >= 4 is 11.6 Å². The fourth-order valence-corrected chi connectivity index (χ4v) is 2.82. The molecule has 1 aliphatic rings. The molecule has 1 aliphatic carbocycles. The molecule has 2 atom stereocenters. The zero-order valence-electron chi connectivity index (χ0n) is 11.6. The largest absolute Gasteiger partial charge is 0.381 e. The van der Waals surface area contributed by atoms with Gasteiger partial charge in [-0.2, -0.15) is 0 Å². The fourth-order valence-electron chi connectivity index (χ4n) is 2.82. The number of benzene rings is 1. The third kappa shape index (κ3) is 3.07. The van der Waals surface area contributed by atoms with Crippen LogP contribution in [-0.2, 0) is 9.53 Å². The molecule has 3 N–H and O–H groups in total. The van der Waals surface area contributed by atoms with Crippen molar-refractivity contribution in [1.82, 2.24) is 0 Å². The summed E-state index contributed by atoms with van der Waals surface area (Å²) in [5.74, 6) is -0.296. The first kappa shape index (κ1) is 13.9. The first-order valence-corrected chi connectivity index (χ1v) is 6.73. The molecule has 1 amide bonds. The molecule has 19 heavy (non-hydrogen) atoms. The summed E-state index contributed by atoms with van der Waals surface area (Å²) in [5, 5.41) is 3.34. The SMILES string of the molecule is COC1CCCC(Nc2cccc(C)c2)(C(N)=O)C1. The van der Waals surface area contributed by atoms with E-state index in [-0.39, 0.29) is 12.0 Å². The van der Waals surface area contributed by atoms with Gasteiger partial charge >= 0.3 is 0 Å². The molecule has 0 aromatic heterocycles. The zero-order valence-corrected chi connectivity index (χ0v) is 11.6. The number of amides is 1. The van der Waals surface area contributed by atoms with Crippen LogP contribution in [0.5, 0.6) is 0 Å². The van der Waals surface area contributed by atoms with Gasteiger partial charge in [0.1, 0.15) is 5.54 Å². The van der Waals surface area contributed by atoms with Crippen LogP contribution in [-0.4, -0.2) is 24.7 Å². The number of carbonyl (C=O) groups is 1. The number of methoxy groups -OCH3 is 1. The van der Waals surface area contributed by atoms with Crippen LogP contribution < -0.4 is 11.1 Å². The van der Waals surface area contributed by atoms with E-state index in [1.54, 1.807) is 7.11 Å². The summed E-state index contributed by atoms with van der Waals surface area (Å²) in [6.07, 6.45) is 3.42. The van der Waals surface area contributed by atoms with E-state index in [4.69, 9.17) is 10.5 Å². The van der Waals surface area contributed by atoms with Crippen LogP contribution in [0.4, 0.5) is 5.69 Å². The van der Waals surface area contributed by atoms with Crippen molar-refractivity contribution < 1.29 is 9.53 Å². The van der Waals surface area contributed by atoms with Crippen LogP contribution in [0.1, 0.15) is 31.2 Å². The minimum absolute atomic E-state index is 0.0959. The van der Waals surface area contributed by atoms with Crippen LogP contribution in [0.2, 0.25) is 0 Å². The molecule has 0 saturated heterocycles. The topological polar surface area (TPSA) is 64.3 Å². The van der Waals surface area contributed by atoms with Gasteiger partial charge in [0.25, 0.3) is 0 Å². The van der Waals surface area contributed by atoms with Gasteiger partial charge in [-0.15, -0.1) is 0 Å². The summed E-state index contributed by atoms with van der Waals surface area (Å²) in [4.78, 5) is 11.9. The highest BCUT2D eigenvalue weighted by Gasteiger charge is 2.41. The van der Waals surface area contributed by atoms with E-state index in [1.807, 2.05) is 31.2 Å². The molecule has 0 heterocycles. The molecule has 1 saturated carbocycles. The van der Waals surface area contributed by atoms with Crippen molar-refractivity contribution in [2.24, 2.45) is 5.73 Å². The lowest BCUT2D eigenvalue weighted by Crippen LogP contribution is -2.54. The van der Waals surface area contributed by atoms with Crippen molar-refractivity contribution in [3.8, 4) is 0 Å². The Morgan fingerprint density at radius 2 is 2.32 bits per heavy atom. The van der Waals surface area contributed by atoms with Gasteiger partial charge in [0.15, 0.2) is 0 Å². The van der Waals surface area contributed by atoms with Gasteiger partial charge in [0, 0.05) is 19.2 Å². The molecule has 104 valence electrons. The average Bonchev–Trinajstić information content (AvgIpc) is 2.38. The van der Waals surface area contributed by atoms with Crippen molar-refractivity contribution in [2.45, 2.75) is 44.2 Å². The molecule has 2 rings (SSSR count). The Morgan fingerprint density at radius 1 is 1.53 bits per heavy atom. The van der Waals surface area contributed by atoms with E-state index >= 15 is 0 Å². The lowest BCUT2D eigenvalue weighted by atomic mass is 9.79. The standard InChI is InChI=1S/C15H22N2O2/c1-11-5-3-6-12(9-11)17-15(14(16)18)8-4-7-13(10-15)19-2/h3,5-6,9,13,17H,4,7-8,10H2,1-2H3,(H2,16,18). The van der Waals surface area contributed by atoms with Gasteiger partial charge in [-0.3, -0.25) is 4.79 Å². The Kier molecular flexibility index (Phi) is 4.10. The predicted molar refractivity (Wildman–Crippen MR) is 76.0 cm³/mol. The number of anilines is 1. The van der Waals surface area contributed by atoms with Crippen molar-refractivity contribution in [3.63, 3.8) is 0 Å². The Hall–Kier alpha value is -1.55. The Labute approximate surface area is 114 Å². The number of ether oxygens (including phenoxy) is 1. The summed E-state index contributed by atoms with van der Waals surface area (Å²) in [6.45, 7) is 2.03. The van der Waals surface area contributed by atoms with E-state index in [9.17, 15) is 4.79 Å². The van der Waals surface area contributed by atoms with E-state index in [1.165, 1.54) is 0 Å². The molecule has 4 heteroatoms. The number of aryl methyl sites for hydroxylation is 1. The number of nitrogens with two attached hydrogens (primary N) is 1. The van der Waals surface area contributed by atoms with Crippen molar-refractivity contribution in [2.75, 3.05) is 12.4 Å². The maximum Gasteiger partial charge on any atom is 0.243 e. The van der Waals surface area contributed by atoms with Crippen LogP contribution in [0.3, 0.4) is 0 Å². The summed E-state index contributed by atoms with van der Waals surface area (Å²) in [5.41, 5.74) is 7.06. The van der Waals surface area contributed by atoms with E-state index < -0.39 is 5.54 Å². The summed E-state index contributed by atoms with van der Waals surface area (Å²) in [7, 11) is 1.69. The van der Waals surface area contributed by atoms with Gasteiger partial charge in [0.05, 0.1) is 6.10 Å². The minimum atomic E-state index is -0.688. The molecule has 1 aromatic carbocycles. The number of rotatable bonds is 4. The third-order valence-corrected chi connectivity index (χ3v) is 3.91. The monoisotopic (exact) mass is 262 g/mol. The van der Waals surface area contributed by atoms with E-state index in [0.29, 0.717) is 6.42 Å². The van der Waals surface area contributed by atoms with Crippen LogP contribution in [0, 0.1) is 6.92 Å². The van der Waals surface area contributed by atoms with Gasteiger partial charge in [-0.25, -0.2) is 0 Å². The predicted octanol–water partition coefficient (Wildman–Crippen LogP) is 2.22. The smallest absolute Gasteiger partial charge is 0.243 e. The Morgan fingerprint density at radius 3 is 2.95 bits per heavy atom. The van der Waals surface area contributed by atoms with E-state index in [0.717, 1.165) is 30.5 Å². The number of primary amides is 1. The second-order valence-electron chi connectivity index (χ2n) is 5.39. The number of hydrogen-bond acceptors (Lipinski definition) is 3. The van der Waals surface area contributed by atoms with Gasteiger partial charge < -0.3 is 15.8 Å². The Bertz CT molecular complexity index is 461. The van der Waals surface area contributed by atoms with Crippen LogP contribution in [0.15, 0.2) is 24.3 Å². The molecule has 0 radical (unpaired) electrons. The van der Waals surface area contributed by atoms with E-state index in [2.05, 4.69) is 5.32 Å². The summed E-state index contributed by atoms with van der Waals surface area (Å²) in [6, 6.07) is 8.00. The molecule has 0 aliphatic heterocycles. The normalized spacial score (nSPS) is 26.9. The van der Waals surface area contributed by atoms with Gasteiger partial charge in [-0.1, -0.05) is 12.1 Å². The number of hydrogen-bond donors (Lipinski definition) is 2. The quantitative estimate of drug-likeness (QED) is 0.874. The second-order valence-corrected chi connectivity index (χ2v) is 5.39. The number of nitrogens with one attached hydrogen (secondary N) is 1. The lowest BCUT2D eigenvalue weighted by Gasteiger charge is -2.39. The molecule has 4 nitrogen and oxygen atoms in total. The first-order chi connectivity index (χ1) is 9.05. The molecule has 2 unspecified atom stereocenters. The highest BCUT2D eigenvalue weighted by atomic mass is 16.5. The maximum absolute atomic E-state index is 11.9. The molecular weight excluding hydrogens is 240 g/mol. The van der Waals surface area contributed by atoms with Gasteiger partial charge in [-0.05, 0) is 43.9 Å². The third-order valence-electron chi connectivity index (χ3n) is 3.91. The zero-order chi connectivity index (χ0) is 13.9.